The Morgan fingerprint density at radius 1 is 0.969 bits per heavy atom. The van der Waals surface area contributed by atoms with Crippen LogP contribution in [-0.4, -0.2) is 59.0 Å². The van der Waals surface area contributed by atoms with E-state index in [2.05, 4.69) is 16.0 Å². The first kappa shape index (κ1) is 27.1. The summed E-state index contributed by atoms with van der Waals surface area (Å²) in [6.45, 7) is 4.92. The Labute approximate surface area is 188 Å². The Balaban J connectivity index is 2.94. The van der Waals surface area contributed by atoms with Crippen molar-refractivity contribution in [2.45, 2.75) is 70.1 Å². The topological polar surface area (TPSA) is 177 Å². The standard InChI is InChI=1S/C22H35N5O5/c1-14(25-21(32)22(2,3)24)18(28)27-17(13-15-9-5-4-6-10-15)19(29)26-16(20(30)31)11-7-8-12-23/h4-6,9-10,14,16-17H,7-8,11-13,23-24H2,1-3H3,(H,25,32)(H,26,29)(H,27,28)(H,30,31)/t14-,16-,17-/m0/s1. The zero-order valence-electron chi connectivity index (χ0n) is 18.9. The van der Waals surface area contributed by atoms with E-state index >= 15 is 0 Å². The van der Waals surface area contributed by atoms with Gasteiger partial charge in [-0.1, -0.05) is 30.3 Å². The lowest BCUT2D eigenvalue weighted by molar-refractivity contribution is -0.142. The average molecular weight is 450 g/mol. The lowest BCUT2D eigenvalue weighted by Gasteiger charge is -2.25. The molecule has 0 aliphatic carbocycles. The molecule has 0 heterocycles. The summed E-state index contributed by atoms with van der Waals surface area (Å²) in [6, 6.07) is 5.93. The largest absolute Gasteiger partial charge is 0.480 e. The van der Waals surface area contributed by atoms with Crippen molar-refractivity contribution in [1.29, 1.82) is 0 Å². The minimum atomic E-state index is -1.17. The van der Waals surface area contributed by atoms with Gasteiger partial charge in [-0.25, -0.2) is 4.79 Å². The summed E-state index contributed by atoms with van der Waals surface area (Å²) in [5, 5.41) is 17.1. The number of nitrogens with two attached hydrogens (primary N) is 2. The van der Waals surface area contributed by atoms with Crippen LogP contribution in [0.4, 0.5) is 0 Å². The first-order chi connectivity index (χ1) is 15.0. The molecule has 1 rings (SSSR count). The second-order valence-electron chi connectivity index (χ2n) is 8.35. The maximum Gasteiger partial charge on any atom is 0.326 e. The summed E-state index contributed by atoms with van der Waals surface area (Å²) in [6.07, 6.45) is 1.55. The van der Waals surface area contributed by atoms with Crippen LogP contribution in [0.25, 0.3) is 0 Å². The van der Waals surface area contributed by atoms with Gasteiger partial charge in [-0.3, -0.25) is 14.4 Å². The van der Waals surface area contributed by atoms with Crippen LogP contribution in [0.5, 0.6) is 0 Å². The molecule has 10 nitrogen and oxygen atoms in total. The van der Waals surface area contributed by atoms with Gasteiger partial charge in [-0.05, 0) is 52.1 Å². The van der Waals surface area contributed by atoms with Crippen LogP contribution in [-0.2, 0) is 25.6 Å². The summed E-state index contributed by atoms with van der Waals surface area (Å²) in [7, 11) is 0. The molecule has 0 bridgehead atoms. The molecule has 3 atom stereocenters. The second-order valence-corrected chi connectivity index (χ2v) is 8.35. The number of nitrogens with one attached hydrogen (secondary N) is 3. The van der Waals surface area contributed by atoms with E-state index in [1.807, 2.05) is 6.07 Å². The highest BCUT2D eigenvalue weighted by molar-refractivity contribution is 5.94. The highest BCUT2D eigenvalue weighted by Gasteiger charge is 2.30. The number of aliphatic carboxylic acids is 1. The summed E-state index contributed by atoms with van der Waals surface area (Å²) in [5.74, 6) is -2.89. The molecule has 0 saturated heterocycles. The van der Waals surface area contributed by atoms with Crippen LogP contribution >= 0.6 is 0 Å². The van der Waals surface area contributed by atoms with Crippen LogP contribution in [0.15, 0.2) is 30.3 Å². The number of carbonyl (C=O) groups is 4. The number of rotatable bonds is 13. The Morgan fingerprint density at radius 3 is 2.09 bits per heavy atom. The van der Waals surface area contributed by atoms with Crippen LogP contribution in [0.2, 0.25) is 0 Å². The number of unbranched alkanes of at least 4 members (excludes halogenated alkanes) is 1. The number of carboxylic acids is 1. The fourth-order valence-electron chi connectivity index (χ4n) is 2.83. The molecule has 1 aromatic carbocycles. The van der Waals surface area contributed by atoms with Gasteiger partial charge in [-0.15, -0.1) is 0 Å². The minimum absolute atomic E-state index is 0.149. The first-order valence-electron chi connectivity index (χ1n) is 10.6. The Bertz CT molecular complexity index is 779. The van der Waals surface area contributed by atoms with Crippen LogP contribution in [0.3, 0.4) is 0 Å². The van der Waals surface area contributed by atoms with Crippen molar-refractivity contribution in [3.63, 3.8) is 0 Å². The van der Waals surface area contributed by atoms with E-state index in [-0.39, 0.29) is 12.8 Å². The predicted molar refractivity (Wildman–Crippen MR) is 120 cm³/mol. The minimum Gasteiger partial charge on any atom is -0.480 e. The first-order valence-corrected chi connectivity index (χ1v) is 10.6. The van der Waals surface area contributed by atoms with E-state index in [1.54, 1.807) is 24.3 Å². The smallest absolute Gasteiger partial charge is 0.326 e. The van der Waals surface area contributed by atoms with E-state index in [9.17, 15) is 24.3 Å². The summed E-state index contributed by atoms with van der Waals surface area (Å²) in [4.78, 5) is 49.2. The molecule has 1 aromatic rings. The molecule has 0 aromatic heterocycles. The molecule has 32 heavy (non-hydrogen) atoms. The van der Waals surface area contributed by atoms with Crippen LogP contribution < -0.4 is 27.4 Å². The molecule has 0 aliphatic heterocycles. The summed E-state index contributed by atoms with van der Waals surface area (Å²) >= 11 is 0. The normalized spacial score (nSPS) is 14.0. The van der Waals surface area contributed by atoms with Gasteiger partial charge in [0.2, 0.25) is 17.7 Å². The van der Waals surface area contributed by atoms with Crippen molar-refractivity contribution < 1.29 is 24.3 Å². The highest BCUT2D eigenvalue weighted by atomic mass is 16.4. The van der Waals surface area contributed by atoms with Gasteiger partial charge < -0.3 is 32.5 Å². The average Bonchev–Trinajstić information content (AvgIpc) is 2.72. The predicted octanol–water partition coefficient (Wildman–Crippen LogP) is -0.346. The van der Waals surface area contributed by atoms with Crippen molar-refractivity contribution in [2.24, 2.45) is 11.5 Å². The van der Waals surface area contributed by atoms with E-state index in [0.29, 0.717) is 19.4 Å². The third-order valence-electron chi connectivity index (χ3n) is 4.80. The third-order valence-corrected chi connectivity index (χ3v) is 4.80. The molecule has 0 fully saturated rings. The lowest BCUT2D eigenvalue weighted by Crippen LogP contribution is -2.58. The summed E-state index contributed by atoms with van der Waals surface area (Å²) < 4.78 is 0. The number of carboxylic acid groups (broad SMARTS) is 1. The van der Waals surface area contributed by atoms with Crippen molar-refractivity contribution in [3.8, 4) is 0 Å². The van der Waals surface area contributed by atoms with Crippen molar-refractivity contribution in [1.82, 2.24) is 16.0 Å². The van der Waals surface area contributed by atoms with Crippen molar-refractivity contribution in [3.05, 3.63) is 35.9 Å². The Kier molecular flexibility index (Phi) is 10.8. The molecular formula is C22H35N5O5. The molecule has 0 aliphatic rings. The van der Waals surface area contributed by atoms with Gasteiger partial charge in [0.1, 0.15) is 18.1 Å². The fourth-order valence-corrected chi connectivity index (χ4v) is 2.83. The number of carbonyl (C=O) groups excluding carboxylic acids is 3. The number of hydrogen-bond acceptors (Lipinski definition) is 6. The maximum absolute atomic E-state index is 12.9. The second kappa shape index (κ2) is 12.8. The third kappa shape index (κ3) is 9.44. The molecule has 0 spiro atoms. The Morgan fingerprint density at radius 2 is 1.56 bits per heavy atom. The van der Waals surface area contributed by atoms with Gasteiger partial charge >= 0.3 is 5.97 Å². The zero-order chi connectivity index (χ0) is 24.3. The molecule has 0 unspecified atom stereocenters. The van der Waals surface area contributed by atoms with Gasteiger partial charge in [0.05, 0.1) is 5.54 Å². The fraction of sp³-hybridized carbons (Fsp3) is 0.545. The van der Waals surface area contributed by atoms with Gasteiger partial charge in [0.15, 0.2) is 0 Å². The van der Waals surface area contributed by atoms with Gasteiger partial charge in [0.25, 0.3) is 0 Å². The highest BCUT2D eigenvalue weighted by Crippen LogP contribution is 2.07. The summed E-state index contributed by atoms with van der Waals surface area (Å²) in [5.41, 5.74) is 10.8. The van der Waals surface area contributed by atoms with Gasteiger partial charge in [0, 0.05) is 6.42 Å². The van der Waals surface area contributed by atoms with E-state index in [4.69, 9.17) is 11.5 Å². The molecule has 178 valence electrons. The van der Waals surface area contributed by atoms with Crippen LogP contribution in [0.1, 0.15) is 45.6 Å². The van der Waals surface area contributed by atoms with Gasteiger partial charge in [-0.2, -0.15) is 0 Å². The van der Waals surface area contributed by atoms with E-state index in [1.165, 1.54) is 20.8 Å². The monoisotopic (exact) mass is 449 g/mol. The molecule has 0 radical (unpaired) electrons. The Hall–Kier alpha value is -2.98. The maximum atomic E-state index is 12.9. The number of benzene rings is 1. The number of hydrogen-bond donors (Lipinski definition) is 6. The molecule has 0 saturated carbocycles. The van der Waals surface area contributed by atoms with Crippen LogP contribution in [0, 0.1) is 0 Å². The molecule has 3 amide bonds. The van der Waals surface area contributed by atoms with E-state index in [0.717, 1.165) is 5.56 Å². The zero-order valence-corrected chi connectivity index (χ0v) is 18.9. The SMILES string of the molecule is C[C@H](NC(=O)C(C)(C)N)C(=O)N[C@@H](Cc1ccccc1)C(=O)N[C@@H](CCCCN)C(=O)O. The van der Waals surface area contributed by atoms with E-state index < -0.39 is 47.4 Å². The molecule has 10 heteroatoms. The number of amides is 3. The molecule has 8 N–H and O–H groups in total. The van der Waals surface area contributed by atoms with Crippen molar-refractivity contribution in [2.75, 3.05) is 6.54 Å². The quantitative estimate of drug-likeness (QED) is 0.223. The lowest BCUT2D eigenvalue weighted by atomic mass is 10.0. The molecular weight excluding hydrogens is 414 g/mol. The van der Waals surface area contributed by atoms with Crippen molar-refractivity contribution >= 4 is 23.7 Å².